The molecular formula is C21H26N6O2. The van der Waals surface area contributed by atoms with Gasteiger partial charge in [0.2, 0.25) is 0 Å². The summed E-state index contributed by atoms with van der Waals surface area (Å²) in [5, 5.41) is 18.3. The minimum Gasteiger partial charge on any atom is -0.390 e. The largest absolute Gasteiger partial charge is 0.390 e. The summed E-state index contributed by atoms with van der Waals surface area (Å²) in [4.78, 5) is 26.0. The van der Waals surface area contributed by atoms with Crippen molar-refractivity contribution in [3.63, 3.8) is 0 Å². The van der Waals surface area contributed by atoms with Crippen LogP contribution in [-0.4, -0.2) is 36.3 Å². The Hall–Kier alpha value is -3.00. The molecule has 3 heterocycles. The van der Waals surface area contributed by atoms with Crippen LogP contribution in [-0.2, 0) is 6.54 Å². The first-order valence-electron chi connectivity index (χ1n) is 10.0. The summed E-state index contributed by atoms with van der Waals surface area (Å²) in [6.07, 6.45) is 9.74. The Morgan fingerprint density at radius 2 is 2.07 bits per heavy atom. The number of fused-ring (bicyclic) bond motifs is 1. The minimum absolute atomic E-state index is 0.0612. The van der Waals surface area contributed by atoms with Crippen LogP contribution in [0.3, 0.4) is 0 Å². The van der Waals surface area contributed by atoms with Gasteiger partial charge in [-0.2, -0.15) is 0 Å². The van der Waals surface area contributed by atoms with E-state index < -0.39 is 5.60 Å². The van der Waals surface area contributed by atoms with Crippen LogP contribution in [0.2, 0.25) is 0 Å². The zero-order valence-corrected chi connectivity index (χ0v) is 16.7. The van der Waals surface area contributed by atoms with Crippen molar-refractivity contribution >= 4 is 28.2 Å². The van der Waals surface area contributed by atoms with Crippen molar-refractivity contribution in [1.29, 1.82) is 0 Å². The van der Waals surface area contributed by atoms with E-state index in [0.29, 0.717) is 29.4 Å². The van der Waals surface area contributed by atoms with E-state index in [-0.39, 0.29) is 11.6 Å². The number of pyridine rings is 2. The van der Waals surface area contributed by atoms with Crippen LogP contribution in [0.4, 0.5) is 17.5 Å². The molecule has 0 aliphatic heterocycles. The Morgan fingerprint density at radius 3 is 2.76 bits per heavy atom. The van der Waals surface area contributed by atoms with E-state index in [1.54, 1.807) is 29.4 Å². The molecule has 29 heavy (non-hydrogen) atoms. The van der Waals surface area contributed by atoms with Crippen LogP contribution in [0, 0.1) is 0 Å². The van der Waals surface area contributed by atoms with Gasteiger partial charge < -0.3 is 20.3 Å². The first kappa shape index (κ1) is 19.3. The molecule has 3 aromatic heterocycles. The fraction of sp³-hybridized carbons (Fsp3) is 0.429. The molecule has 0 spiro atoms. The molecule has 0 aromatic carbocycles. The van der Waals surface area contributed by atoms with Crippen LogP contribution in [0.1, 0.15) is 39.5 Å². The lowest BCUT2D eigenvalue weighted by atomic mass is 9.83. The zero-order chi connectivity index (χ0) is 20.4. The smallest absolute Gasteiger partial charge is 0.262 e. The van der Waals surface area contributed by atoms with E-state index >= 15 is 0 Å². The van der Waals surface area contributed by atoms with E-state index in [0.717, 1.165) is 31.1 Å². The number of nitrogens with zero attached hydrogens (tertiary/aromatic N) is 4. The van der Waals surface area contributed by atoms with E-state index in [9.17, 15) is 9.90 Å². The van der Waals surface area contributed by atoms with Gasteiger partial charge in [-0.15, -0.1) is 0 Å². The third-order valence-electron chi connectivity index (χ3n) is 5.52. The number of anilines is 3. The van der Waals surface area contributed by atoms with Crippen LogP contribution in [0.5, 0.6) is 0 Å². The van der Waals surface area contributed by atoms with Gasteiger partial charge in [0, 0.05) is 31.2 Å². The maximum absolute atomic E-state index is 13.0. The van der Waals surface area contributed by atoms with Gasteiger partial charge in [0.05, 0.1) is 17.2 Å². The molecule has 8 nitrogen and oxygen atoms in total. The second-order valence-electron chi connectivity index (χ2n) is 7.86. The number of aliphatic hydroxyl groups is 1. The Labute approximate surface area is 169 Å². The maximum Gasteiger partial charge on any atom is 0.262 e. The van der Waals surface area contributed by atoms with Crippen molar-refractivity contribution in [2.24, 2.45) is 0 Å². The lowest BCUT2D eigenvalue weighted by Gasteiger charge is -2.33. The molecule has 0 saturated heterocycles. The highest BCUT2D eigenvalue weighted by atomic mass is 16.3. The Kier molecular flexibility index (Phi) is 5.19. The normalized spacial score (nSPS) is 21.8. The van der Waals surface area contributed by atoms with Gasteiger partial charge >= 0.3 is 0 Å². The molecule has 152 valence electrons. The first-order chi connectivity index (χ1) is 13.9. The van der Waals surface area contributed by atoms with Crippen LogP contribution >= 0.6 is 0 Å². The summed E-state index contributed by atoms with van der Waals surface area (Å²) in [5.74, 6) is 1.74. The number of rotatable bonds is 5. The van der Waals surface area contributed by atoms with Crippen molar-refractivity contribution in [2.75, 3.05) is 10.6 Å². The summed E-state index contributed by atoms with van der Waals surface area (Å²) >= 11 is 0. The van der Waals surface area contributed by atoms with E-state index in [1.165, 1.54) is 0 Å². The fourth-order valence-electron chi connectivity index (χ4n) is 3.79. The van der Waals surface area contributed by atoms with Gasteiger partial charge in [-0.3, -0.25) is 9.78 Å². The molecule has 0 amide bonds. The molecule has 1 fully saturated rings. The quantitative estimate of drug-likeness (QED) is 0.611. The molecule has 4 rings (SSSR count). The Morgan fingerprint density at radius 1 is 1.28 bits per heavy atom. The topological polar surface area (TPSA) is 105 Å². The SMILES string of the molecule is CCn1ccc2cc(Nc3cnccn3)nc(NC3CCC(C)(O)CC3)c2c1=O. The zero-order valence-electron chi connectivity index (χ0n) is 16.7. The highest BCUT2D eigenvalue weighted by Crippen LogP contribution is 2.31. The number of hydrogen-bond donors (Lipinski definition) is 3. The van der Waals surface area contributed by atoms with Crippen LogP contribution < -0.4 is 16.2 Å². The number of aromatic nitrogens is 4. The van der Waals surface area contributed by atoms with Crippen molar-refractivity contribution in [2.45, 2.75) is 57.7 Å². The molecule has 1 aliphatic rings. The molecule has 0 unspecified atom stereocenters. The minimum atomic E-state index is -0.613. The fourth-order valence-corrected chi connectivity index (χ4v) is 3.79. The summed E-state index contributed by atoms with van der Waals surface area (Å²) in [6.45, 7) is 4.42. The molecule has 1 aliphatic carbocycles. The number of hydrogen-bond acceptors (Lipinski definition) is 7. The monoisotopic (exact) mass is 394 g/mol. The summed E-state index contributed by atoms with van der Waals surface area (Å²) < 4.78 is 1.68. The second-order valence-corrected chi connectivity index (χ2v) is 7.86. The lowest BCUT2D eigenvalue weighted by Crippen LogP contribution is -2.36. The van der Waals surface area contributed by atoms with Gasteiger partial charge in [0.1, 0.15) is 17.5 Å². The standard InChI is InChI=1S/C21H26N6O2/c1-3-27-11-6-14-12-16(25-17-13-22-9-10-23-17)26-19(18(14)20(27)28)24-15-4-7-21(2,29)8-5-15/h6,9-13,15,29H,3-5,7-8H2,1-2H3,(H2,23,24,25,26). The molecule has 1 saturated carbocycles. The molecule has 0 atom stereocenters. The molecule has 0 radical (unpaired) electrons. The molecule has 3 N–H and O–H groups in total. The second kappa shape index (κ2) is 7.79. The van der Waals surface area contributed by atoms with E-state index in [1.807, 2.05) is 26.0 Å². The average molecular weight is 394 g/mol. The molecule has 3 aromatic rings. The van der Waals surface area contributed by atoms with Gasteiger partial charge in [0.25, 0.3) is 5.56 Å². The average Bonchev–Trinajstić information content (AvgIpc) is 2.70. The van der Waals surface area contributed by atoms with Crippen molar-refractivity contribution in [3.8, 4) is 0 Å². The molecule has 8 heteroatoms. The first-order valence-corrected chi connectivity index (χ1v) is 10.0. The number of nitrogens with one attached hydrogen (secondary N) is 2. The van der Waals surface area contributed by atoms with Crippen molar-refractivity contribution in [3.05, 3.63) is 47.3 Å². The Bertz CT molecular complexity index is 1050. The van der Waals surface area contributed by atoms with Gasteiger partial charge in [-0.1, -0.05) is 0 Å². The van der Waals surface area contributed by atoms with Crippen molar-refractivity contribution < 1.29 is 5.11 Å². The lowest BCUT2D eigenvalue weighted by molar-refractivity contribution is 0.0196. The maximum atomic E-state index is 13.0. The van der Waals surface area contributed by atoms with E-state index in [4.69, 9.17) is 4.98 Å². The summed E-state index contributed by atoms with van der Waals surface area (Å²) in [6, 6.07) is 3.94. The van der Waals surface area contributed by atoms with E-state index in [2.05, 4.69) is 20.6 Å². The third kappa shape index (κ3) is 4.22. The predicted octanol–water partition coefficient (Wildman–Crippen LogP) is 3.06. The van der Waals surface area contributed by atoms with Gasteiger partial charge in [-0.25, -0.2) is 9.97 Å². The van der Waals surface area contributed by atoms with Gasteiger partial charge in [-0.05, 0) is 57.0 Å². The Balaban J connectivity index is 1.73. The van der Waals surface area contributed by atoms with Crippen molar-refractivity contribution in [1.82, 2.24) is 19.5 Å². The van der Waals surface area contributed by atoms with Crippen LogP contribution in [0.25, 0.3) is 10.8 Å². The molecular weight excluding hydrogens is 368 g/mol. The summed E-state index contributed by atoms with van der Waals surface area (Å²) in [5.41, 5.74) is -0.674. The summed E-state index contributed by atoms with van der Waals surface area (Å²) in [7, 11) is 0. The van der Waals surface area contributed by atoms with Gasteiger partial charge in [0.15, 0.2) is 0 Å². The molecule has 0 bridgehead atoms. The highest BCUT2D eigenvalue weighted by molar-refractivity contribution is 5.93. The third-order valence-corrected chi connectivity index (χ3v) is 5.52. The number of aryl methyl sites for hydroxylation is 1. The highest BCUT2D eigenvalue weighted by Gasteiger charge is 2.29. The predicted molar refractivity (Wildman–Crippen MR) is 113 cm³/mol. The van der Waals surface area contributed by atoms with Crippen LogP contribution in [0.15, 0.2) is 41.7 Å².